The van der Waals surface area contributed by atoms with Gasteiger partial charge in [0.05, 0.1) is 52.9 Å². The van der Waals surface area contributed by atoms with E-state index in [2.05, 4.69) is 10.0 Å². The van der Waals surface area contributed by atoms with Gasteiger partial charge in [-0.05, 0) is 38.9 Å². The Morgan fingerprint density at radius 3 is 1.15 bits per heavy atom. The van der Waals surface area contributed by atoms with Crippen LogP contribution in [-0.4, -0.2) is 81.7 Å². The van der Waals surface area contributed by atoms with E-state index in [-0.39, 0.29) is 46.2 Å². The van der Waals surface area contributed by atoms with Gasteiger partial charge in [0.2, 0.25) is 0 Å². The van der Waals surface area contributed by atoms with Gasteiger partial charge in [-0.2, -0.15) is 0 Å². The van der Waals surface area contributed by atoms with Gasteiger partial charge in [0.15, 0.2) is 12.6 Å². The minimum Gasteiger partial charge on any atom is -0.374 e. The fourth-order valence-corrected chi connectivity index (χ4v) is 8.40. The molecular formula is C55H59N3O10. The lowest BCUT2D eigenvalue weighted by molar-refractivity contribution is -0.336. The smallest absolute Gasteiger partial charge is 0.186 e. The van der Waals surface area contributed by atoms with Crippen molar-refractivity contribution in [3.05, 3.63) is 226 Å². The zero-order chi connectivity index (χ0) is 46.6. The number of azide groups is 1. The van der Waals surface area contributed by atoms with E-state index in [1.165, 1.54) is 0 Å². The first-order valence-electron chi connectivity index (χ1n) is 23.0. The molecule has 6 aromatic rings. The second-order valence-corrected chi connectivity index (χ2v) is 16.7. The number of hydrogen-bond donors (Lipinski definition) is 0. The first-order valence-corrected chi connectivity index (χ1v) is 23.0. The molecule has 0 aliphatic carbocycles. The van der Waals surface area contributed by atoms with Crippen molar-refractivity contribution < 1.29 is 47.4 Å². The molecule has 2 saturated heterocycles. The third-order valence-electron chi connectivity index (χ3n) is 11.9. The maximum absolute atomic E-state index is 10.2. The van der Waals surface area contributed by atoms with Crippen molar-refractivity contribution in [1.82, 2.24) is 0 Å². The quantitative estimate of drug-likeness (QED) is 0.0327. The monoisotopic (exact) mass is 921 g/mol. The van der Waals surface area contributed by atoms with Crippen LogP contribution in [0.1, 0.15) is 33.4 Å². The van der Waals surface area contributed by atoms with Crippen LogP contribution in [-0.2, 0) is 87.0 Å². The molecule has 0 aromatic heterocycles. The lowest BCUT2D eigenvalue weighted by Crippen LogP contribution is -2.63. The zero-order valence-corrected chi connectivity index (χ0v) is 38.2. The number of rotatable bonds is 24. The zero-order valence-electron chi connectivity index (χ0n) is 38.2. The van der Waals surface area contributed by atoms with Gasteiger partial charge in [-0.1, -0.05) is 187 Å². The minimum atomic E-state index is -1.14. The SMILES string of the molecule is CO[C@H]1O[C@H](CO[C@H]2O[C@H](COCc3ccccc3)[C@@H](OCc3ccccc3)[C@H](OCc3ccccc3)[C@H]2N=[N+]=[N-])[C@@H](OCc2ccccc2)[C@H](OCc2ccccc2)[C@H]1OCc1ccccc1. The molecule has 0 unspecified atom stereocenters. The molecule has 6 aromatic carbocycles. The first kappa shape index (κ1) is 48.7. The highest BCUT2D eigenvalue weighted by Crippen LogP contribution is 2.35. The molecule has 354 valence electrons. The fourth-order valence-electron chi connectivity index (χ4n) is 8.40. The summed E-state index contributed by atoms with van der Waals surface area (Å²) < 4.78 is 66.6. The largest absolute Gasteiger partial charge is 0.374 e. The molecule has 0 radical (unpaired) electrons. The van der Waals surface area contributed by atoms with E-state index in [4.69, 9.17) is 47.4 Å². The highest BCUT2D eigenvalue weighted by molar-refractivity contribution is 5.18. The Bertz CT molecular complexity index is 2370. The molecule has 13 nitrogen and oxygen atoms in total. The molecule has 10 atom stereocenters. The van der Waals surface area contributed by atoms with E-state index >= 15 is 0 Å². The Kier molecular flexibility index (Phi) is 18.7. The lowest BCUT2D eigenvalue weighted by atomic mass is 9.96. The van der Waals surface area contributed by atoms with Crippen LogP contribution in [0.3, 0.4) is 0 Å². The number of hydrogen-bond acceptors (Lipinski definition) is 11. The molecule has 2 heterocycles. The van der Waals surface area contributed by atoms with E-state index in [0.29, 0.717) is 6.61 Å². The van der Waals surface area contributed by atoms with Crippen molar-refractivity contribution in [1.29, 1.82) is 0 Å². The molecule has 0 saturated carbocycles. The van der Waals surface area contributed by atoms with Gasteiger partial charge in [0, 0.05) is 12.0 Å². The maximum Gasteiger partial charge on any atom is 0.186 e. The summed E-state index contributed by atoms with van der Waals surface area (Å²) in [6, 6.07) is 58.3. The average molecular weight is 922 g/mol. The number of nitrogens with zero attached hydrogens (tertiary/aromatic N) is 3. The first-order chi connectivity index (χ1) is 33.6. The Hall–Kier alpha value is -5.77. The predicted octanol–water partition coefficient (Wildman–Crippen LogP) is 9.92. The van der Waals surface area contributed by atoms with Gasteiger partial charge >= 0.3 is 0 Å². The molecule has 0 N–H and O–H groups in total. The lowest BCUT2D eigenvalue weighted by Gasteiger charge is -2.47. The molecule has 13 heteroatoms. The molecule has 2 fully saturated rings. The second-order valence-electron chi connectivity index (χ2n) is 16.7. The summed E-state index contributed by atoms with van der Waals surface area (Å²) >= 11 is 0. The molecular weight excluding hydrogens is 863 g/mol. The van der Waals surface area contributed by atoms with Crippen LogP contribution < -0.4 is 0 Å². The predicted molar refractivity (Wildman–Crippen MR) is 254 cm³/mol. The van der Waals surface area contributed by atoms with Crippen molar-refractivity contribution >= 4 is 0 Å². The third kappa shape index (κ3) is 13.9. The maximum atomic E-state index is 10.2. The van der Waals surface area contributed by atoms with Gasteiger partial charge in [0.1, 0.15) is 48.8 Å². The Balaban J connectivity index is 1.10. The highest BCUT2D eigenvalue weighted by atomic mass is 16.7. The van der Waals surface area contributed by atoms with Crippen molar-refractivity contribution in [3.8, 4) is 0 Å². The topological polar surface area (TPSA) is 141 Å². The van der Waals surface area contributed by atoms with Gasteiger partial charge in [-0.15, -0.1) is 0 Å². The van der Waals surface area contributed by atoms with Gasteiger partial charge in [-0.25, -0.2) is 0 Å². The van der Waals surface area contributed by atoms with Crippen molar-refractivity contribution in [2.75, 3.05) is 20.3 Å². The van der Waals surface area contributed by atoms with Gasteiger partial charge in [-0.3, -0.25) is 0 Å². The fraction of sp³-hybridized carbons (Fsp3) is 0.345. The van der Waals surface area contributed by atoms with E-state index in [1.54, 1.807) is 7.11 Å². The van der Waals surface area contributed by atoms with Gasteiger partial charge < -0.3 is 47.4 Å². The standard InChI is InChI=1S/C55H59N3O10/c1-59-55-53(65-37-45-30-18-7-19-31-45)52(64-36-44-28-16-6-17-29-44)50(62-34-42-24-12-4-13-25-42)47(68-55)39-66-54-48(57-58-56)51(63-35-43-26-14-5-15-27-43)49(61-33-41-22-10-3-11-23-41)46(67-54)38-60-32-40-20-8-2-9-21-40/h2-31,46-55H,32-39H2,1H3/t46-,47-,48-,49-,50-,51-,52+,53-,54+,55+/m1/s1. The van der Waals surface area contributed by atoms with E-state index in [0.717, 1.165) is 33.4 Å². The summed E-state index contributed by atoms with van der Waals surface area (Å²) in [5.41, 5.74) is 16.0. The Labute approximate surface area is 398 Å². The van der Waals surface area contributed by atoms with Gasteiger partial charge in [0.25, 0.3) is 0 Å². The van der Waals surface area contributed by atoms with Crippen LogP contribution in [0.4, 0.5) is 0 Å². The van der Waals surface area contributed by atoms with Crippen molar-refractivity contribution in [3.63, 3.8) is 0 Å². The minimum absolute atomic E-state index is 0.0867. The average Bonchev–Trinajstić information content (AvgIpc) is 3.40. The molecule has 0 spiro atoms. The van der Waals surface area contributed by atoms with Crippen molar-refractivity contribution in [2.45, 2.75) is 101 Å². The van der Waals surface area contributed by atoms with E-state index in [9.17, 15) is 5.53 Å². The normalized spacial score (nSPS) is 24.8. The van der Waals surface area contributed by atoms with Crippen LogP contribution in [0, 0.1) is 0 Å². The van der Waals surface area contributed by atoms with Crippen LogP contribution >= 0.6 is 0 Å². The molecule has 0 amide bonds. The number of ether oxygens (including phenoxy) is 10. The van der Waals surface area contributed by atoms with Crippen LogP contribution in [0.15, 0.2) is 187 Å². The summed E-state index contributed by atoms with van der Waals surface area (Å²) in [5.74, 6) is 0. The molecule has 8 rings (SSSR count). The summed E-state index contributed by atoms with van der Waals surface area (Å²) in [4.78, 5) is 3.30. The summed E-state index contributed by atoms with van der Waals surface area (Å²) in [6.45, 7) is 1.62. The molecule has 2 aliphatic heterocycles. The highest BCUT2D eigenvalue weighted by Gasteiger charge is 2.51. The van der Waals surface area contributed by atoms with E-state index < -0.39 is 61.3 Å². The van der Waals surface area contributed by atoms with Crippen molar-refractivity contribution in [2.24, 2.45) is 5.11 Å². The number of methoxy groups -OCH3 is 1. The summed E-state index contributed by atoms with van der Waals surface area (Å²) in [7, 11) is 1.58. The van der Waals surface area contributed by atoms with E-state index in [1.807, 2.05) is 182 Å². The Morgan fingerprint density at radius 1 is 0.397 bits per heavy atom. The third-order valence-corrected chi connectivity index (χ3v) is 11.9. The molecule has 0 bridgehead atoms. The van der Waals surface area contributed by atoms with Crippen LogP contribution in [0.25, 0.3) is 10.4 Å². The molecule has 2 aliphatic rings. The van der Waals surface area contributed by atoms with Crippen LogP contribution in [0.2, 0.25) is 0 Å². The van der Waals surface area contributed by atoms with Crippen LogP contribution in [0.5, 0.6) is 0 Å². The summed E-state index contributed by atoms with van der Waals surface area (Å²) in [6.07, 6.45) is -7.27. The number of benzene rings is 6. The summed E-state index contributed by atoms with van der Waals surface area (Å²) in [5, 5.41) is 4.30. The Morgan fingerprint density at radius 2 is 0.735 bits per heavy atom. The second kappa shape index (κ2) is 26.1. The molecule has 68 heavy (non-hydrogen) atoms.